The number of rotatable bonds is 8. The summed E-state index contributed by atoms with van der Waals surface area (Å²) in [6.45, 7) is 3.48. The van der Waals surface area contributed by atoms with Crippen LogP contribution in [0.25, 0.3) is 0 Å². The lowest BCUT2D eigenvalue weighted by atomic mass is 9.85. The lowest BCUT2D eigenvalue weighted by Gasteiger charge is -2.37. The summed E-state index contributed by atoms with van der Waals surface area (Å²) in [6.07, 6.45) is 2.54. The minimum atomic E-state index is -1.95. The number of nitrogens with one attached hydrogen (secondary N) is 1. The number of aliphatic imine (C=N–C) groups is 1. The number of halogens is 1. The van der Waals surface area contributed by atoms with E-state index in [4.69, 9.17) is 5.11 Å². The number of benzene rings is 1. The number of carboxylic acids is 1. The van der Waals surface area contributed by atoms with Crippen molar-refractivity contribution < 1.29 is 23.9 Å². The summed E-state index contributed by atoms with van der Waals surface area (Å²) in [6, 6.07) is 7.16. The molecule has 5 rings (SSSR count). The third-order valence-corrected chi connectivity index (χ3v) is 8.16. The second kappa shape index (κ2) is 10.1. The maximum atomic E-state index is 16.1. The Morgan fingerprint density at radius 3 is 2.97 bits per heavy atom. The van der Waals surface area contributed by atoms with Crippen LogP contribution < -0.4 is 10.2 Å². The van der Waals surface area contributed by atoms with E-state index in [1.54, 1.807) is 24.4 Å². The molecule has 37 heavy (non-hydrogen) atoms. The highest BCUT2D eigenvalue weighted by Gasteiger charge is 2.57. The highest BCUT2D eigenvalue weighted by atomic mass is 32.1. The van der Waals surface area contributed by atoms with Gasteiger partial charge in [0.15, 0.2) is 16.5 Å². The van der Waals surface area contributed by atoms with E-state index in [2.05, 4.69) is 20.2 Å². The van der Waals surface area contributed by atoms with Crippen molar-refractivity contribution in [3.05, 3.63) is 57.7 Å². The van der Waals surface area contributed by atoms with E-state index in [9.17, 15) is 14.4 Å². The van der Waals surface area contributed by atoms with E-state index in [1.165, 1.54) is 16.2 Å². The molecular formula is C26H28FN5O4S. The van der Waals surface area contributed by atoms with Crippen molar-refractivity contribution in [2.75, 3.05) is 37.6 Å². The van der Waals surface area contributed by atoms with Crippen LogP contribution in [-0.2, 0) is 14.4 Å². The number of amidine groups is 1. The van der Waals surface area contributed by atoms with Gasteiger partial charge in [0.25, 0.3) is 5.91 Å². The number of thiazole rings is 1. The topological polar surface area (TPSA) is 115 Å². The van der Waals surface area contributed by atoms with E-state index in [1.807, 2.05) is 18.4 Å². The third-order valence-electron chi connectivity index (χ3n) is 7.38. The molecule has 0 spiro atoms. The molecule has 1 amide bonds. The first-order chi connectivity index (χ1) is 17.8. The lowest BCUT2D eigenvalue weighted by molar-refractivity contribution is -0.137. The molecule has 3 unspecified atom stereocenters. The van der Waals surface area contributed by atoms with E-state index in [0.29, 0.717) is 36.7 Å². The molecule has 2 fully saturated rings. The molecular weight excluding hydrogens is 497 g/mol. The Morgan fingerprint density at radius 1 is 1.41 bits per heavy atom. The van der Waals surface area contributed by atoms with Crippen molar-refractivity contribution in [1.29, 1.82) is 0 Å². The first-order valence-corrected chi connectivity index (χ1v) is 13.1. The molecule has 1 aromatic heterocycles. The first kappa shape index (κ1) is 25.2. The zero-order chi connectivity index (χ0) is 26.2. The van der Waals surface area contributed by atoms with Gasteiger partial charge in [0, 0.05) is 67.1 Å². The van der Waals surface area contributed by atoms with Crippen molar-refractivity contribution in [3.8, 4) is 0 Å². The Morgan fingerprint density at radius 2 is 2.24 bits per heavy atom. The van der Waals surface area contributed by atoms with Crippen LogP contribution >= 0.6 is 11.3 Å². The van der Waals surface area contributed by atoms with E-state index in [-0.39, 0.29) is 31.8 Å². The third kappa shape index (κ3) is 4.93. The number of likely N-dealkylation sites (tertiary alicyclic amines) is 1. The molecule has 194 valence electrons. The van der Waals surface area contributed by atoms with Gasteiger partial charge in [0.2, 0.25) is 0 Å². The van der Waals surface area contributed by atoms with Gasteiger partial charge in [0.1, 0.15) is 6.29 Å². The van der Waals surface area contributed by atoms with Crippen LogP contribution in [0.2, 0.25) is 0 Å². The molecule has 3 atom stereocenters. The molecule has 9 nitrogen and oxygen atoms in total. The molecule has 2 N–H and O–H groups in total. The summed E-state index contributed by atoms with van der Waals surface area (Å²) in [5.41, 5.74) is 0.708. The number of piperidine rings is 1. The van der Waals surface area contributed by atoms with Gasteiger partial charge in [-0.15, -0.1) is 11.3 Å². The minimum Gasteiger partial charge on any atom is -0.481 e. The quantitative estimate of drug-likeness (QED) is 0.509. The van der Waals surface area contributed by atoms with Crippen molar-refractivity contribution in [2.45, 2.75) is 31.4 Å². The highest BCUT2D eigenvalue weighted by Crippen LogP contribution is 2.42. The number of aldehydes is 1. The number of carbonyl (C=O) groups is 3. The van der Waals surface area contributed by atoms with Gasteiger partial charge in [-0.25, -0.2) is 9.37 Å². The number of nitrogens with zero attached hydrogens (tertiary/aromatic N) is 4. The van der Waals surface area contributed by atoms with Crippen molar-refractivity contribution in [1.82, 2.24) is 15.2 Å². The van der Waals surface area contributed by atoms with E-state index >= 15 is 4.39 Å². The number of aliphatic carboxylic acids is 1. The standard InChI is InChI=1S/C26H28FN5O4S/c1-16(9-22(34)35)17-3-2-4-20(10-17)32-13-19-12-31(7-5-26(19,27)25(32)36)14-21-18(15-33)11-29-23(30-21)24-28-6-8-37-24/h2-4,6,8,10,15-16,19H,5,7,9,11-14H2,1H3,(H,29,30)(H,34,35). The molecule has 0 bridgehead atoms. The maximum absolute atomic E-state index is 16.1. The molecule has 2 saturated heterocycles. The fourth-order valence-corrected chi connectivity index (χ4v) is 5.89. The van der Waals surface area contributed by atoms with Crippen molar-refractivity contribution >= 4 is 41.0 Å². The summed E-state index contributed by atoms with van der Waals surface area (Å²) < 4.78 is 16.1. The van der Waals surface area contributed by atoms with Crippen LogP contribution in [-0.4, -0.2) is 77.4 Å². The number of fused-ring (bicyclic) bond motifs is 1. The Balaban J connectivity index is 1.29. The normalized spacial score (nSPS) is 24.9. The molecule has 0 aliphatic carbocycles. The lowest BCUT2D eigenvalue weighted by Crippen LogP contribution is -2.52. The smallest absolute Gasteiger partial charge is 0.303 e. The number of hydrogen-bond donors (Lipinski definition) is 2. The molecule has 3 aliphatic rings. The zero-order valence-electron chi connectivity index (χ0n) is 20.4. The van der Waals surface area contributed by atoms with Crippen LogP contribution in [0, 0.1) is 5.92 Å². The fraction of sp³-hybridized carbons (Fsp3) is 0.423. The molecule has 11 heteroatoms. The average Bonchev–Trinajstić information content (AvgIpc) is 3.51. The van der Waals surface area contributed by atoms with Crippen LogP contribution in [0.15, 0.2) is 52.1 Å². The summed E-state index contributed by atoms with van der Waals surface area (Å²) in [7, 11) is 0. The second-order valence-corrected chi connectivity index (χ2v) is 10.7. The molecule has 4 heterocycles. The SMILES string of the molecule is CC(CC(=O)O)c1cccc(N2CC3CN(CC4=C(C=O)CN=C(c5nccs5)N4)CCC3(F)C2=O)c1. The number of carbonyl (C=O) groups excluding carboxylic acids is 2. The van der Waals surface area contributed by atoms with E-state index < -0.39 is 23.5 Å². The first-order valence-electron chi connectivity index (χ1n) is 12.2. The predicted octanol–water partition coefficient (Wildman–Crippen LogP) is 2.60. The van der Waals surface area contributed by atoms with Crippen LogP contribution in [0.3, 0.4) is 0 Å². The summed E-state index contributed by atoms with van der Waals surface area (Å²) in [4.78, 5) is 48.3. The van der Waals surface area contributed by atoms with Gasteiger partial charge in [-0.05, 0) is 23.6 Å². The fourth-order valence-electron chi connectivity index (χ4n) is 5.29. The average molecular weight is 526 g/mol. The number of amides is 1. The van der Waals surface area contributed by atoms with E-state index in [0.717, 1.165) is 22.6 Å². The monoisotopic (exact) mass is 525 g/mol. The molecule has 0 saturated carbocycles. The maximum Gasteiger partial charge on any atom is 0.303 e. The van der Waals surface area contributed by atoms with Gasteiger partial charge >= 0.3 is 5.97 Å². The van der Waals surface area contributed by atoms with Crippen LogP contribution in [0.5, 0.6) is 0 Å². The predicted molar refractivity (Wildman–Crippen MR) is 138 cm³/mol. The second-order valence-electron chi connectivity index (χ2n) is 9.80. The number of aromatic nitrogens is 1. The molecule has 3 aliphatic heterocycles. The van der Waals surface area contributed by atoms with Gasteiger partial charge < -0.3 is 15.3 Å². The van der Waals surface area contributed by atoms with Gasteiger partial charge in [0.05, 0.1) is 13.0 Å². The Labute approximate surface area is 217 Å². The van der Waals surface area contributed by atoms with Gasteiger partial charge in [-0.2, -0.15) is 0 Å². The largest absolute Gasteiger partial charge is 0.481 e. The Bertz CT molecular complexity index is 1280. The van der Waals surface area contributed by atoms with Crippen molar-refractivity contribution in [2.24, 2.45) is 10.9 Å². The van der Waals surface area contributed by atoms with Crippen LogP contribution in [0.4, 0.5) is 10.1 Å². The van der Waals surface area contributed by atoms with Gasteiger partial charge in [-0.3, -0.25) is 24.3 Å². The number of hydrogen-bond acceptors (Lipinski definition) is 8. The number of alkyl halides is 1. The Hall–Kier alpha value is -3.44. The molecule has 2 aromatic rings. The zero-order valence-corrected chi connectivity index (χ0v) is 21.2. The number of anilines is 1. The number of carboxylic acid groups (broad SMARTS) is 1. The van der Waals surface area contributed by atoms with Crippen LogP contribution in [0.1, 0.15) is 36.3 Å². The summed E-state index contributed by atoms with van der Waals surface area (Å²) in [5.74, 6) is -1.57. The summed E-state index contributed by atoms with van der Waals surface area (Å²) in [5, 5.41) is 15.0. The van der Waals surface area contributed by atoms with Gasteiger partial charge in [-0.1, -0.05) is 19.1 Å². The minimum absolute atomic E-state index is 0.0241. The molecule has 1 aromatic carbocycles. The highest BCUT2D eigenvalue weighted by molar-refractivity contribution is 7.11. The van der Waals surface area contributed by atoms with Crippen molar-refractivity contribution in [3.63, 3.8) is 0 Å². The summed E-state index contributed by atoms with van der Waals surface area (Å²) >= 11 is 1.45. The Kier molecular flexibility index (Phi) is 6.91. The molecule has 0 radical (unpaired) electrons.